The van der Waals surface area contributed by atoms with Crippen LogP contribution in [-0.4, -0.2) is 36.0 Å². The number of carbonyl (C=O) groups excluding carboxylic acids is 4. The molecule has 2 aromatic carbocycles. The van der Waals surface area contributed by atoms with Crippen LogP contribution in [0.25, 0.3) is 0 Å². The third kappa shape index (κ3) is 8.39. The fourth-order valence-corrected chi connectivity index (χ4v) is 2.95. The van der Waals surface area contributed by atoms with Gasteiger partial charge in [0.05, 0.1) is 23.0 Å². The number of hydrogen-bond acceptors (Lipinski definition) is 5. The number of urea groups is 1. The van der Waals surface area contributed by atoms with Gasteiger partial charge in [0.1, 0.15) is 0 Å². The Kier molecular flexibility index (Phi) is 8.78. The van der Waals surface area contributed by atoms with Gasteiger partial charge in [-0.3, -0.25) is 19.7 Å². The molecule has 0 spiro atoms. The molecule has 0 aliphatic carbocycles. The van der Waals surface area contributed by atoms with E-state index >= 15 is 0 Å². The molecule has 2 aromatic rings. The number of halogens is 1. The Hall–Kier alpha value is -3.39. The van der Waals surface area contributed by atoms with Crippen molar-refractivity contribution in [1.82, 2.24) is 16.0 Å². The molecule has 1 atom stereocenters. The van der Waals surface area contributed by atoms with E-state index in [1.807, 2.05) is 6.07 Å². The lowest BCUT2D eigenvalue weighted by molar-refractivity contribution is -0.148. The van der Waals surface area contributed by atoms with Gasteiger partial charge in [-0.25, -0.2) is 4.79 Å². The number of esters is 1. The summed E-state index contributed by atoms with van der Waals surface area (Å²) in [6.45, 7) is 4.66. The SMILES string of the molecule is CC(C)(C)NC(=O)NC(=O)COC(=O)C[C@H](NC(=O)c1ccccc1Cl)c1ccccc1. The molecule has 2 rings (SSSR count). The van der Waals surface area contributed by atoms with E-state index in [4.69, 9.17) is 16.3 Å². The molecule has 0 radical (unpaired) electrons. The summed E-state index contributed by atoms with van der Waals surface area (Å²) in [4.78, 5) is 48.6. The summed E-state index contributed by atoms with van der Waals surface area (Å²) >= 11 is 6.09. The van der Waals surface area contributed by atoms with Gasteiger partial charge in [0.2, 0.25) is 0 Å². The minimum Gasteiger partial charge on any atom is -0.455 e. The van der Waals surface area contributed by atoms with Crippen molar-refractivity contribution in [3.63, 3.8) is 0 Å². The van der Waals surface area contributed by atoms with Crippen LogP contribution in [0.3, 0.4) is 0 Å². The molecule has 0 aliphatic heterocycles. The van der Waals surface area contributed by atoms with Crippen LogP contribution >= 0.6 is 11.6 Å². The molecule has 9 heteroatoms. The monoisotopic (exact) mass is 459 g/mol. The van der Waals surface area contributed by atoms with E-state index in [1.165, 1.54) is 0 Å². The predicted molar refractivity (Wildman–Crippen MR) is 120 cm³/mol. The minimum atomic E-state index is -0.767. The van der Waals surface area contributed by atoms with Gasteiger partial charge in [-0.05, 0) is 38.5 Å². The zero-order valence-corrected chi connectivity index (χ0v) is 18.9. The van der Waals surface area contributed by atoms with E-state index in [9.17, 15) is 19.2 Å². The van der Waals surface area contributed by atoms with Crippen LogP contribution in [0, 0.1) is 0 Å². The average molecular weight is 460 g/mol. The van der Waals surface area contributed by atoms with Crippen LogP contribution in [0.1, 0.15) is 49.2 Å². The van der Waals surface area contributed by atoms with Crippen LogP contribution in [0.4, 0.5) is 4.79 Å². The number of carbonyl (C=O) groups is 4. The second-order valence-corrected chi connectivity index (χ2v) is 8.44. The summed E-state index contributed by atoms with van der Waals surface area (Å²) in [5.41, 5.74) is 0.427. The van der Waals surface area contributed by atoms with E-state index in [1.54, 1.807) is 69.3 Å². The van der Waals surface area contributed by atoms with Gasteiger partial charge in [-0.1, -0.05) is 54.1 Å². The Bertz CT molecular complexity index is 973. The van der Waals surface area contributed by atoms with Crippen LogP contribution in [0.15, 0.2) is 54.6 Å². The molecule has 0 aromatic heterocycles. The molecule has 170 valence electrons. The van der Waals surface area contributed by atoms with E-state index in [-0.39, 0.29) is 17.0 Å². The van der Waals surface area contributed by atoms with Crippen molar-refractivity contribution in [2.75, 3.05) is 6.61 Å². The van der Waals surface area contributed by atoms with Crippen molar-refractivity contribution in [2.45, 2.75) is 38.8 Å². The van der Waals surface area contributed by atoms with Gasteiger partial charge < -0.3 is 15.4 Å². The van der Waals surface area contributed by atoms with Gasteiger partial charge in [0.25, 0.3) is 11.8 Å². The quantitative estimate of drug-likeness (QED) is 0.549. The first-order valence-corrected chi connectivity index (χ1v) is 10.3. The van der Waals surface area contributed by atoms with Gasteiger partial charge in [0.15, 0.2) is 6.61 Å². The Morgan fingerprint density at radius 1 is 0.969 bits per heavy atom. The topological polar surface area (TPSA) is 114 Å². The Morgan fingerprint density at radius 2 is 1.59 bits per heavy atom. The molecular weight excluding hydrogens is 434 g/mol. The molecule has 3 N–H and O–H groups in total. The lowest BCUT2D eigenvalue weighted by Gasteiger charge is -2.20. The second kappa shape index (κ2) is 11.3. The molecule has 0 bridgehead atoms. The van der Waals surface area contributed by atoms with Crippen LogP contribution < -0.4 is 16.0 Å². The molecular formula is C23H26ClN3O5. The smallest absolute Gasteiger partial charge is 0.321 e. The third-order valence-electron chi connectivity index (χ3n) is 4.10. The highest BCUT2D eigenvalue weighted by Gasteiger charge is 2.22. The van der Waals surface area contributed by atoms with E-state index in [0.29, 0.717) is 5.56 Å². The van der Waals surface area contributed by atoms with Crippen molar-refractivity contribution < 1.29 is 23.9 Å². The highest BCUT2D eigenvalue weighted by molar-refractivity contribution is 6.33. The standard InChI is InChI=1S/C23H26ClN3O5/c1-23(2,3)27-22(31)26-19(28)14-32-20(29)13-18(15-9-5-4-6-10-15)25-21(30)16-11-7-8-12-17(16)24/h4-12,18H,13-14H2,1-3H3,(H,25,30)(H2,26,27,28,31)/t18-/m0/s1. The lowest BCUT2D eigenvalue weighted by atomic mass is 10.0. The molecule has 0 saturated heterocycles. The summed E-state index contributed by atoms with van der Waals surface area (Å²) in [7, 11) is 0. The zero-order valence-electron chi connectivity index (χ0n) is 18.1. The number of imide groups is 1. The van der Waals surface area contributed by atoms with Crippen LogP contribution in [-0.2, 0) is 14.3 Å². The number of nitrogens with one attached hydrogen (secondary N) is 3. The Balaban J connectivity index is 1.98. The van der Waals surface area contributed by atoms with Crippen molar-refractivity contribution in [1.29, 1.82) is 0 Å². The number of hydrogen-bond donors (Lipinski definition) is 3. The largest absolute Gasteiger partial charge is 0.455 e. The summed E-state index contributed by atoms with van der Waals surface area (Å²) in [5, 5.41) is 7.71. The molecule has 32 heavy (non-hydrogen) atoms. The number of benzene rings is 2. The molecule has 0 saturated carbocycles. The van der Waals surface area contributed by atoms with Crippen molar-refractivity contribution in [2.24, 2.45) is 0 Å². The highest BCUT2D eigenvalue weighted by Crippen LogP contribution is 2.20. The highest BCUT2D eigenvalue weighted by atomic mass is 35.5. The maximum absolute atomic E-state index is 12.7. The molecule has 0 heterocycles. The van der Waals surface area contributed by atoms with Crippen molar-refractivity contribution in [3.05, 3.63) is 70.7 Å². The molecule has 0 fully saturated rings. The summed E-state index contributed by atoms with van der Waals surface area (Å²) < 4.78 is 4.99. The maximum atomic E-state index is 12.7. The predicted octanol–water partition coefficient (Wildman–Crippen LogP) is 3.37. The van der Waals surface area contributed by atoms with Gasteiger partial charge in [0, 0.05) is 5.54 Å². The summed E-state index contributed by atoms with van der Waals surface area (Å²) in [6, 6.07) is 14.0. The first-order valence-electron chi connectivity index (χ1n) is 9.93. The maximum Gasteiger partial charge on any atom is 0.321 e. The van der Waals surface area contributed by atoms with Crippen LogP contribution in [0.5, 0.6) is 0 Å². The van der Waals surface area contributed by atoms with Crippen molar-refractivity contribution in [3.8, 4) is 0 Å². The number of rotatable bonds is 7. The first-order chi connectivity index (χ1) is 15.0. The van der Waals surface area contributed by atoms with Crippen LogP contribution in [0.2, 0.25) is 5.02 Å². The molecule has 0 aliphatic rings. The van der Waals surface area contributed by atoms with E-state index in [2.05, 4.69) is 16.0 Å². The molecule has 8 nitrogen and oxygen atoms in total. The van der Waals surface area contributed by atoms with E-state index < -0.39 is 42.0 Å². The third-order valence-corrected chi connectivity index (χ3v) is 4.43. The first kappa shape index (κ1) is 24.9. The fraction of sp³-hybridized carbons (Fsp3) is 0.304. The Morgan fingerprint density at radius 3 is 2.22 bits per heavy atom. The van der Waals surface area contributed by atoms with Crippen molar-refractivity contribution >= 4 is 35.4 Å². The second-order valence-electron chi connectivity index (χ2n) is 8.03. The summed E-state index contributed by atoms with van der Waals surface area (Å²) in [6.07, 6.45) is -0.221. The van der Waals surface area contributed by atoms with Gasteiger partial charge >= 0.3 is 12.0 Å². The lowest BCUT2D eigenvalue weighted by Crippen LogP contribution is -2.49. The van der Waals surface area contributed by atoms with E-state index in [0.717, 1.165) is 0 Å². The summed E-state index contributed by atoms with van der Waals surface area (Å²) in [5.74, 6) is -1.94. The van der Waals surface area contributed by atoms with Gasteiger partial charge in [-0.2, -0.15) is 0 Å². The van der Waals surface area contributed by atoms with Gasteiger partial charge in [-0.15, -0.1) is 0 Å². The zero-order chi connectivity index (χ0) is 23.7. The average Bonchev–Trinajstić information content (AvgIpc) is 2.71. The normalized spacial score (nSPS) is 11.8. The molecule has 4 amide bonds. The molecule has 0 unspecified atom stereocenters. The Labute approximate surface area is 191 Å². The minimum absolute atomic E-state index is 0.221. The number of amides is 4. The number of ether oxygens (including phenoxy) is 1. The fourth-order valence-electron chi connectivity index (χ4n) is 2.73.